The van der Waals surface area contributed by atoms with Crippen LogP contribution in [0.1, 0.15) is 38.5 Å². The molecule has 0 aromatic carbocycles. The monoisotopic (exact) mass is 161 g/mol. The minimum Gasteiger partial charge on any atom is -0.261 e. The van der Waals surface area contributed by atoms with Crippen LogP contribution in [0.15, 0.2) is 28.9 Å². The highest BCUT2D eigenvalue weighted by molar-refractivity contribution is 6.00. The summed E-state index contributed by atoms with van der Waals surface area (Å²) in [5.41, 5.74) is 2.86. The van der Waals surface area contributed by atoms with Crippen LogP contribution in [0.2, 0.25) is 0 Å². The Kier molecular flexibility index (Phi) is 2.40. The fourth-order valence-electron chi connectivity index (χ4n) is 1.87. The Bertz CT molecular complexity index is 246. The van der Waals surface area contributed by atoms with Gasteiger partial charge in [0.25, 0.3) is 0 Å². The predicted octanol–water partition coefficient (Wildman–Crippen LogP) is 3.24. The molecule has 0 bridgehead atoms. The zero-order valence-corrected chi connectivity index (χ0v) is 7.42. The topological polar surface area (TPSA) is 12.4 Å². The van der Waals surface area contributed by atoms with Crippen molar-refractivity contribution in [3.63, 3.8) is 0 Å². The van der Waals surface area contributed by atoms with Gasteiger partial charge >= 0.3 is 0 Å². The van der Waals surface area contributed by atoms with Crippen molar-refractivity contribution in [2.24, 2.45) is 4.99 Å². The highest BCUT2D eigenvalue weighted by atomic mass is 14.7. The molecule has 64 valence electrons. The van der Waals surface area contributed by atoms with E-state index < -0.39 is 0 Å². The lowest BCUT2D eigenvalue weighted by Crippen LogP contribution is -1.98. The SMILES string of the molecule is C1=CN=C2CCCCCC2=CC1. The van der Waals surface area contributed by atoms with Crippen LogP contribution < -0.4 is 0 Å². The molecule has 0 aromatic rings. The van der Waals surface area contributed by atoms with E-state index in [9.17, 15) is 0 Å². The number of hydrogen-bond donors (Lipinski definition) is 0. The summed E-state index contributed by atoms with van der Waals surface area (Å²) < 4.78 is 0. The van der Waals surface area contributed by atoms with Gasteiger partial charge in [0.15, 0.2) is 0 Å². The highest BCUT2D eigenvalue weighted by Gasteiger charge is 2.11. The number of rotatable bonds is 0. The van der Waals surface area contributed by atoms with E-state index in [-0.39, 0.29) is 0 Å². The molecule has 1 heteroatoms. The largest absolute Gasteiger partial charge is 0.261 e. The lowest BCUT2D eigenvalue weighted by atomic mass is 10.1. The van der Waals surface area contributed by atoms with Gasteiger partial charge in [-0.2, -0.15) is 0 Å². The summed E-state index contributed by atoms with van der Waals surface area (Å²) >= 11 is 0. The molecule has 0 radical (unpaired) electrons. The number of fused-ring (bicyclic) bond motifs is 1. The molecule has 0 unspecified atom stereocenters. The molecular formula is C11H15N. The average Bonchev–Trinajstić information content (AvgIpc) is 2.38. The molecule has 1 heterocycles. The van der Waals surface area contributed by atoms with Gasteiger partial charge < -0.3 is 0 Å². The summed E-state index contributed by atoms with van der Waals surface area (Å²) in [6.45, 7) is 0. The van der Waals surface area contributed by atoms with Gasteiger partial charge in [-0.05, 0) is 37.7 Å². The summed E-state index contributed by atoms with van der Waals surface area (Å²) in [4.78, 5) is 4.47. The average molecular weight is 161 g/mol. The molecule has 0 aromatic heterocycles. The Morgan fingerprint density at radius 3 is 3.00 bits per heavy atom. The van der Waals surface area contributed by atoms with Crippen LogP contribution in [-0.2, 0) is 0 Å². The maximum atomic E-state index is 4.47. The second-order valence-electron chi connectivity index (χ2n) is 3.49. The molecule has 0 amide bonds. The zero-order chi connectivity index (χ0) is 8.23. The van der Waals surface area contributed by atoms with Crippen molar-refractivity contribution in [2.45, 2.75) is 38.5 Å². The van der Waals surface area contributed by atoms with Crippen LogP contribution in [-0.4, -0.2) is 5.71 Å². The molecule has 0 spiro atoms. The lowest BCUT2D eigenvalue weighted by Gasteiger charge is -2.03. The Hall–Kier alpha value is -0.850. The standard InChI is InChI=1S/C11H15N/c1-2-6-10-7-4-5-9-12-11(10)8-3-1/h5,7,9H,1-4,6,8H2. The molecule has 0 saturated heterocycles. The van der Waals surface area contributed by atoms with Crippen molar-refractivity contribution < 1.29 is 0 Å². The molecule has 2 rings (SSSR count). The number of allylic oxidation sites excluding steroid dienone is 3. The molecule has 0 N–H and O–H groups in total. The van der Waals surface area contributed by atoms with E-state index in [4.69, 9.17) is 0 Å². The third kappa shape index (κ3) is 1.66. The third-order valence-corrected chi connectivity index (χ3v) is 2.57. The molecule has 1 aliphatic heterocycles. The van der Waals surface area contributed by atoms with Crippen molar-refractivity contribution >= 4 is 5.71 Å². The van der Waals surface area contributed by atoms with Crippen molar-refractivity contribution in [1.82, 2.24) is 0 Å². The third-order valence-electron chi connectivity index (χ3n) is 2.57. The predicted molar refractivity (Wildman–Crippen MR) is 52.4 cm³/mol. The van der Waals surface area contributed by atoms with E-state index in [0.29, 0.717) is 0 Å². The minimum atomic E-state index is 1.07. The maximum Gasteiger partial charge on any atom is 0.0432 e. The van der Waals surface area contributed by atoms with Gasteiger partial charge in [-0.15, -0.1) is 0 Å². The normalized spacial score (nSPS) is 23.3. The van der Waals surface area contributed by atoms with E-state index in [0.717, 1.165) is 6.42 Å². The van der Waals surface area contributed by atoms with E-state index in [1.54, 1.807) is 0 Å². The summed E-state index contributed by atoms with van der Waals surface area (Å²) in [5, 5.41) is 0. The Balaban J connectivity index is 2.23. The van der Waals surface area contributed by atoms with Gasteiger partial charge in [-0.3, -0.25) is 4.99 Å². The quantitative estimate of drug-likeness (QED) is 0.517. The zero-order valence-electron chi connectivity index (χ0n) is 7.42. The van der Waals surface area contributed by atoms with Crippen LogP contribution in [0.3, 0.4) is 0 Å². The van der Waals surface area contributed by atoms with E-state index in [1.807, 2.05) is 6.20 Å². The van der Waals surface area contributed by atoms with Crippen LogP contribution in [0.5, 0.6) is 0 Å². The first-order valence-electron chi connectivity index (χ1n) is 4.88. The minimum absolute atomic E-state index is 1.07. The van der Waals surface area contributed by atoms with E-state index in [2.05, 4.69) is 17.1 Å². The van der Waals surface area contributed by atoms with Crippen molar-refractivity contribution in [3.8, 4) is 0 Å². The van der Waals surface area contributed by atoms with E-state index in [1.165, 1.54) is 43.4 Å². The summed E-state index contributed by atoms with van der Waals surface area (Å²) in [5.74, 6) is 0. The molecule has 1 fully saturated rings. The molecule has 1 saturated carbocycles. The second-order valence-corrected chi connectivity index (χ2v) is 3.49. The summed E-state index contributed by atoms with van der Waals surface area (Å²) in [6, 6.07) is 0. The van der Waals surface area contributed by atoms with Crippen molar-refractivity contribution in [1.29, 1.82) is 0 Å². The second kappa shape index (κ2) is 3.70. The van der Waals surface area contributed by atoms with Gasteiger partial charge in [0, 0.05) is 11.9 Å². The summed E-state index contributed by atoms with van der Waals surface area (Å²) in [7, 11) is 0. The van der Waals surface area contributed by atoms with E-state index >= 15 is 0 Å². The lowest BCUT2D eigenvalue weighted by molar-refractivity contribution is 0.724. The molecule has 1 aliphatic carbocycles. The molecule has 0 atom stereocenters. The van der Waals surface area contributed by atoms with Crippen molar-refractivity contribution in [2.75, 3.05) is 0 Å². The van der Waals surface area contributed by atoms with Crippen LogP contribution >= 0.6 is 0 Å². The molecular weight excluding hydrogens is 146 g/mol. The Labute approximate surface area is 73.9 Å². The fourth-order valence-corrected chi connectivity index (χ4v) is 1.87. The van der Waals surface area contributed by atoms with Crippen LogP contribution in [0.25, 0.3) is 0 Å². The first-order valence-corrected chi connectivity index (χ1v) is 4.88. The van der Waals surface area contributed by atoms with Crippen LogP contribution in [0, 0.1) is 0 Å². The number of hydrogen-bond acceptors (Lipinski definition) is 1. The van der Waals surface area contributed by atoms with Gasteiger partial charge in [0.05, 0.1) is 0 Å². The van der Waals surface area contributed by atoms with Crippen molar-refractivity contribution in [3.05, 3.63) is 23.9 Å². The molecule has 2 aliphatic rings. The smallest absolute Gasteiger partial charge is 0.0432 e. The number of aliphatic imine (C=N–C) groups is 1. The molecule has 1 nitrogen and oxygen atoms in total. The van der Waals surface area contributed by atoms with Gasteiger partial charge in [-0.1, -0.05) is 18.6 Å². The Morgan fingerprint density at radius 2 is 2.00 bits per heavy atom. The first-order chi connectivity index (χ1) is 5.97. The Morgan fingerprint density at radius 1 is 1.08 bits per heavy atom. The fraction of sp³-hybridized carbons (Fsp3) is 0.545. The highest BCUT2D eigenvalue weighted by Crippen LogP contribution is 2.22. The van der Waals surface area contributed by atoms with Gasteiger partial charge in [0.1, 0.15) is 0 Å². The van der Waals surface area contributed by atoms with Gasteiger partial charge in [0.2, 0.25) is 0 Å². The number of nitrogens with zero attached hydrogens (tertiary/aromatic N) is 1. The van der Waals surface area contributed by atoms with Gasteiger partial charge in [-0.25, -0.2) is 0 Å². The maximum absolute atomic E-state index is 4.47. The van der Waals surface area contributed by atoms with Crippen LogP contribution in [0.4, 0.5) is 0 Å². The molecule has 12 heavy (non-hydrogen) atoms. The summed E-state index contributed by atoms with van der Waals surface area (Å²) in [6.07, 6.45) is 14.0. The first kappa shape index (κ1) is 7.78.